The number of carbonyl (C=O) groups is 1. The van der Waals surface area contributed by atoms with Crippen LogP contribution in [0, 0.1) is 5.41 Å². The molecular formula is C24H30N2O2. The summed E-state index contributed by atoms with van der Waals surface area (Å²) in [5.41, 5.74) is 6.78. The summed E-state index contributed by atoms with van der Waals surface area (Å²) in [4.78, 5) is 16.3. The molecule has 0 N–H and O–H groups in total. The standard InChI is InChI=1S/C24H30N2O2/c1-17(13-18-7-9-19(10-8-18)23(27)28-6)20-11-12-21-22(14-20)26(5)16-24(2,3)15-25(21)4/h7-14H,15-16H2,1-6H3/b17-13+. The molecule has 0 fully saturated rings. The van der Waals surface area contributed by atoms with Crippen LogP contribution in [0.15, 0.2) is 42.5 Å². The molecule has 0 spiro atoms. The minimum Gasteiger partial charge on any atom is -0.465 e. The van der Waals surface area contributed by atoms with Gasteiger partial charge in [0.2, 0.25) is 0 Å². The van der Waals surface area contributed by atoms with Crippen LogP contribution in [0.25, 0.3) is 11.6 Å². The number of rotatable bonds is 3. The van der Waals surface area contributed by atoms with Crippen molar-refractivity contribution in [2.75, 3.05) is 44.1 Å². The van der Waals surface area contributed by atoms with Gasteiger partial charge in [0, 0.05) is 27.2 Å². The van der Waals surface area contributed by atoms with E-state index >= 15 is 0 Å². The van der Waals surface area contributed by atoms with Crippen molar-refractivity contribution in [3.8, 4) is 0 Å². The molecular weight excluding hydrogens is 348 g/mol. The highest BCUT2D eigenvalue weighted by Gasteiger charge is 2.28. The van der Waals surface area contributed by atoms with E-state index in [1.165, 1.54) is 29.6 Å². The van der Waals surface area contributed by atoms with Crippen LogP contribution >= 0.6 is 0 Å². The molecule has 4 heteroatoms. The number of methoxy groups -OCH3 is 1. The first kappa shape index (κ1) is 20.0. The summed E-state index contributed by atoms with van der Waals surface area (Å²) in [6.07, 6.45) is 2.15. The van der Waals surface area contributed by atoms with Gasteiger partial charge < -0.3 is 14.5 Å². The number of benzene rings is 2. The van der Waals surface area contributed by atoms with Gasteiger partial charge in [-0.15, -0.1) is 0 Å². The van der Waals surface area contributed by atoms with Crippen molar-refractivity contribution in [2.45, 2.75) is 20.8 Å². The van der Waals surface area contributed by atoms with E-state index in [1.807, 2.05) is 12.1 Å². The van der Waals surface area contributed by atoms with Gasteiger partial charge in [-0.25, -0.2) is 4.79 Å². The average molecular weight is 379 g/mol. The monoisotopic (exact) mass is 378 g/mol. The Balaban J connectivity index is 1.90. The minimum absolute atomic E-state index is 0.231. The SMILES string of the molecule is COC(=O)c1ccc(/C=C(\C)c2ccc3c(c2)N(C)CC(C)(C)CN3C)cc1. The lowest BCUT2D eigenvalue weighted by molar-refractivity contribution is 0.0600. The minimum atomic E-state index is -0.312. The first-order valence-corrected chi connectivity index (χ1v) is 9.63. The Hall–Kier alpha value is -2.75. The van der Waals surface area contributed by atoms with E-state index in [2.05, 4.69) is 68.9 Å². The fraction of sp³-hybridized carbons (Fsp3) is 0.375. The van der Waals surface area contributed by atoms with Gasteiger partial charge in [0.25, 0.3) is 0 Å². The molecule has 28 heavy (non-hydrogen) atoms. The van der Waals surface area contributed by atoms with Crippen molar-refractivity contribution in [1.82, 2.24) is 0 Å². The van der Waals surface area contributed by atoms with Gasteiger partial charge in [-0.2, -0.15) is 0 Å². The second kappa shape index (κ2) is 7.70. The topological polar surface area (TPSA) is 32.8 Å². The van der Waals surface area contributed by atoms with Crippen LogP contribution in [0.5, 0.6) is 0 Å². The van der Waals surface area contributed by atoms with Crippen LogP contribution in [0.4, 0.5) is 11.4 Å². The summed E-state index contributed by atoms with van der Waals surface area (Å²) < 4.78 is 4.76. The zero-order chi connectivity index (χ0) is 20.5. The van der Waals surface area contributed by atoms with Gasteiger partial charge in [0.05, 0.1) is 24.0 Å². The highest BCUT2D eigenvalue weighted by Crippen LogP contribution is 2.37. The summed E-state index contributed by atoms with van der Waals surface area (Å²) in [5.74, 6) is -0.312. The van der Waals surface area contributed by atoms with E-state index < -0.39 is 0 Å². The predicted molar refractivity (Wildman–Crippen MR) is 118 cm³/mol. The number of anilines is 2. The van der Waals surface area contributed by atoms with Crippen molar-refractivity contribution < 1.29 is 9.53 Å². The normalized spacial score (nSPS) is 16.4. The van der Waals surface area contributed by atoms with Gasteiger partial charge in [-0.3, -0.25) is 0 Å². The zero-order valence-electron chi connectivity index (χ0n) is 17.7. The zero-order valence-corrected chi connectivity index (χ0v) is 17.7. The van der Waals surface area contributed by atoms with Crippen molar-refractivity contribution in [3.05, 3.63) is 59.2 Å². The Morgan fingerprint density at radius 2 is 1.54 bits per heavy atom. The Morgan fingerprint density at radius 1 is 0.964 bits per heavy atom. The van der Waals surface area contributed by atoms with E-state index in [0.29, 0.717) is 5.56 Å². The number of carbonyl (C=O) groups excluding carboxylic acids is 1. The first-order valence-electron chi connectivity index (χ1n) is 9.63. The van der Waals surface area contributed by atoms with Crippen molar-refractivity contribution >= 4 is 29.0 Å². The van der Waals surface area contributed by atoms with Crippen LogP contribution < -0.4 is 9.80 Å². The largest absolute Gasteiger partial charge is 0.465 e. The molecule has 0 amide bonds. The quantitative estimate of drug-likeness (QED) is 0.559. The predicted octanol–water partition coefficient (Wildman–Crippen LogP) is 4.95. The number of fused-ring (bicyclic) bond motifs is 1. The molecule has 0 saturated carbocycles. The van der Waals surface area contributed by atoms with Crippen LogP contribution in [-0.4, -0.2) is 40.3 Å². The molecule has 1 aliphatic heterocycles. The molecule has 0 unspecified atom stereocenters. The van der Waals surface area contributed by atoms with Crippen molar-refractivity contribution in [3.63, 3.8) is 0 Å². The molecule has 3 rings (SSSR count). The maximum Gasteiger partial charge on any atom is 0.337 e. The molecule has 0 aromatic heterocycles. The number of ether oxygens (including phenoxy) is 1. The Kier molecular flexibility index (Phi) is 5.50. The van der Waals surface area contributed by atoms with E-state index in [9.17, 15) is 4.79 Å². The van der Waals surface area contributed by atoms with E-state index in [1.54, 1.807) is 12.1 Å². The molecule has 0 bridgehead atoms. The van der Waals surface area contributed by atoms with Gasteiger partial charge in [-0.05, 0) is 53.3 Å². The highest BCUT2D eigenvalue weighted by molar-refractivity contribution is 5.90. The molecule has 0 radical (unpaired) electrons. The third-order valence-corrected chi connectivity index (χ3v) is 5.30. The molecule has 2 aromatic rings. The smallest absolute Gasteiger partial charge is 0.337 e. The molecule has 2 aromatic carbocycles. The maximum absolute atomic E-state index is 11.6. The fourth-order valence-corrected chi connectivity index (χ4v) is 4.07. The molecule has 1 aliphatic rings. The van der Waals surface area contributed by atoms with Gasteiger partial charge in [0.15, 0.2) is 0 Å². The molecule has 0 aliphatic carbocycles. The van der Waals surface area contributed by atoms with Crippen molar-refractivity contribution in [2.24, 2.45) is 5.41 Å². The Labute approximate surface area is 168 Å². The molecule has 0 atom stereocenters. The Bertz CT molecular complexity index is 897. The third-order valence-electron chi connectivity index (χ3n) is 5.30. The third kappa shape index (κ3) is 4.22. The molecule has 0 saturated heterocycles. The van der Waals surface area contributed by atoms with Gasteiger partial charge in [0.1, 0.15) is 0 Å². The molecule has 148 valence electrons. The number of allylic oxidation sites excluding steroid dienone is 1. The number of hydrogen-bond acceptors (Lipinski definition) is 4. The van der Waals surface area contributed by atoms with Crippen LogP contribution in [0.2, 0.25) is 0 Å². The average Bonchev–Trinajstić information content (AvgIpc) is 2.74. The second-order valence-electron chi connectivity index (χ2n) is 8.52. The van der Waals surface area contributed by atoms with E-state index in [0.717, 1.165) is 18.7 Å². The number of nitrogens with zero attached hydrogens (tertiary/aromatic N) is 2. The Morgan fingerprint density at radius 3 is 2.14 bits per heavy atom. The summed E-state index contributed by atoms with van der Waals surface area (Å²) >= 11 is 0. The molecule has 4 nitrogen and oxygen atoms in total. The van der Waals surface area contributed by atoms with Crippen LogP contribution in [0.3, 0.4) is 0 Å². The molecule has 1 heterocycles. The second-order valence-corrected chi connectivity index (χ2v) is 8.52. The van der Waals surface area contributed by atoms with E-state index in [-0.39, 0.29) is 11.4 Å². The summed E-state index contributed by atoms with van der Waals surface area (Å²) in [6, 6.07) is 14.2. The first-order chi connectivity index (χ1) is 13.2. The van der Waals surface area contributed by atoms with Crippen molar-refractivity contribution in [1.29, 1.82) is 0 Å². The van der Waals surface area contributed by atoms with Gasteiger partial charge >= 0.3 is 5.97 Å². The highest BCUT2D eigenvalue weighted by atomic mass is 16.5. The number of hydrogen-bond donors (Lipinski definition) is 0. The van der Waals surface area contributed by atoms with Crippen LogP contribution in [-0.2, 0) is 4.74 Å². The fourth-order valence-electron chi connectivity index (χ4n) is 4.07. The van der Waals surface area contributed by atoms with E-state index in [4.69, 9.17) is 4.74 Å². The van der Waals surface area contributed by atoms with Crippen LogP contribution in [0.1, 0.15) is 42.3 Å². The maximum atomic E-state index is 11.6. The van der Waals surface area contributed by atoms with Gasteiger partial charge in [-0.1, -0.05) is 38.1 Å². The summed E-state index contributed by atoms with van der Waals surface area (Å²) in [5, 5.41) is 0. The lowest BCUT2D eigenvalue weighted by Crippen LogP contribution is -2.36. The number of esters is 1. The summed E-state index contributed by atoms with van der Waals surface area (Å²) in [6.45, 7) is 8.81. The lowest BCUT2D eigenvalue weighted by atomic mass is 9.93. The summed E-state index contributed by atoms with van der Waals surface area (Å²) in [7, 11) is 5.74. The lowest BCUT2D eigenvalue weighted by Gasteiger charge is -2.29.